The van der Waals surface area contributed by atoms with Crippen LogP contribution in [0.25, 0.3) is 5.70 Å². The van der Waals surface area contributed by atoms with Gasteiger partial charge in [-0.15, -0.1) is 5.10 Å². The Labute approximate surface area is 198 Å². The van der Waals surface area contributed by atoms with Gasteiger partial charge < -0.3 is 5.32 Å². The van der Waals surface area contributed by atoms with Gasteiger partial charge in [0.1, 0.15) is 6.04 Å². The van der Waals surface area contributed by atoms with Crippen molar-refractivity contribution >= 4 is 40.8 Å². The number of nitro groups is 1. The van der Waals surface area contributed by atoms with Crippen LogP contribution in [0.1, 0.15) is 27.5 Å². The quantitative estimate of drug-likeness (QED) is 0.306. The molecule has 1 aliphatic rings. The van der Waals surface area contributed by atoms with E-state index in [1.165, 1.54) is 24.3 Å². The van der Waals surface area contributed by atoms with Crippen LogP contribution < -0.4 is 10.6 Å². The molecule has 168 valence electrons. The minimum atomic E-state index is -0.553. The molecule has 9 nitrogen and oxygen atoms in total. The number of carbonyl (C=O) groups excluding carboxylic acids is 1. The third kappa shape index (κ3) is 4.24. The molecule has 1 atom stereocenters. The van der Waals surface area contributed by atoms with Crippen molar-refractivity contribution in [2.24, 2.45) is 0 Å². The second kappa shape index (κ2) is 8.80. The number of allylic oxidation sites excluding steroid dienone is 1. The molecule has 4 aromatic rings. The molecule has 0 fully saturated rings. The molecule has 2 N–H and O–H groups in total. The highest BCUT2D eigenvalue weighted by Crippen LogP contribution is 2.33. The Kier molecular flexibility index (Phi) is 5.52. The summed E-state index contributed by atoms with van der Waals surface area (Å²) >= 11 is 6.04. The number of non-ortho nitro benzene ring substituents is 1. The molecular formula is C24H17ClN6O3. The summed E-state index contributed by atoms with van der Waals surface area (Å²) in [5.74, 6) is -0.0323. The standard InChI is InChI=1S/C24H17ClN6O3/c25-18-11-9-15(10-12-18)20-14-21(16-5-2-1-3-6-16)30-24(26-20)28-23(29-30)27-22(32)17-7-4-8-19(13-17)31(33)34/h1-14,21H,(H2,26,27,28,29,32)/t21-/m1/s1. The number of anilines is 2. The summed E-state index contributed by atoms with van der Waals surface area (Å²) in [6.07, 6.45) is 2.02. The van der Waals surface area contributed by atoms with E-state index >= 15 is 0 Å². The van der Waals surface area contributed by atoms with Crippen molar-refractivity contribution in [3.05, 3.63) is 117 Å². The highest BCUT2D eigenvalue weighted by atomic mass is 35.5. The van der Waals surface area contributed by atoms with Gasteiger partial charge in [-0.2, -0.15) is 4.98 Å². The van der Waals surface area contributed by atoms with Gasteiger partial charge in [0, 0.05) is 28.4 Å². The van der Waals surface area contributed by atoms with Gasteiger partial charge in [0.25, 0.3) is 17.5 Å². The number of nitrogens with one attached hydrogen (secondary N) is 2. The van der Waals surface area contributed by atoms with Crippen molar-refractivity contribution in [2.45, 2.75) is 6.04 Å². The molecular weight excluding hydrogens is 456 g/mol. The maximum Gasteiger partial charge on any atom is 0.270 e. The Morgan fingerprint density at radius 1 is 1.06 bits per heavy atom. The number of rotatable bonds is 5. The van der Waals surface area contributed by atoms with Gasteiger partial charge in [-0.25, -0.2) is 4.68 Å². The minimum Gasteiger partial charge on any atom is -0.324 e. The summed E-state index contributed by atoms with van der Waals surface area (Å²) < 4.78 is 1.68. The molecule has 0 spiro atoms. The predicted octanol–water partition coefficient (Wildman–Crippen LogP) is 5.15. The zero-order valence-electron chi connectivity index (χ0n) is 17.6. The smallest absolute Gasteiger partial charge is 0.270 e. The molecule has 0 saturated carbocycles. The van der Waals surface area contributed by atoms with Crippen molar-refractivity contribution in [1.29, 1.82) is 0 Å². The molecule has 10 heteroatoms. The second-order valence-corrected chi connectivity index (χ2v) is 7.97. The van der Waals surface area contributed by atoms with Crippen LogP contribution in [0.5, 0.6) is 0 Å². The maximum atomic E-state index is 12.7. The lowest BCUT2D eigenvalue weighted by Gasteiger charge is -2.24. The van der Waals surface area contributed by atoms with Gasteiger partial charge in [-0.1, -0.05) is 60.1 Å². The average molecular weight is 473 g/mol. The van der Waals surface area contributed by atoms with Crippen LogP contribution >= 0.6 is 11.6 Å². The summed E-state index contributed by atoms with van der Waals surface area (Å²) in [6.45, 7) is 0. The van der Waals surface area contributed by atoms with Crippen LogP contribution in [0, 0.1) is 10.1 Å². The first-order valence-corrected chi connectivity index (χ1v) is 10.7. The van der Waals surface area contributed by atoms with Crippen LogP contribution in [0.3, 0.4) is 0 Å². The number of fused-ring (bicyclic) bond motifs is 1. The Balaban J connectivity index is 1.48. The average Bonchev–Trinajstić information content (AvgIpc) is 3.26. The van der Waals surface area contributed by atoms with Crippen molar-refractivity contribution in [3.63, 3.8) is 0 Å². The van der Waals surface area contributed by atoms with E-state index in [9.17, 15) is 14.9 Å². The Morgan fingerprint density at radius 3 is 2.56 bits per heavy atom. The number of nitro benzene ring substituents is 1. The van der Waals surface area contributed by atoms with Crippen molar-refractivity contribution in [1.82, 2.24) is 14.8 Å². The topological polar surface area (TPSA) is 115 Å². The van der Waals surface area contributed by atoms with E-state index in [0.717, 1.165) is 16.8 Å². The lowest BCUT2D eigenvalue weighted by Crippen LogP contribution is -2.20. The third-order valence-corrected chi connectivity index (χ3v) is 5.56. The van der Waals surface area contributed by atoms with Crippen LogP contribution in [0.4, 0.5) is 17.6 Å². The highest BCUT2D eigenvalue weighted by Gasteiger charge is 2.26. The molecule has 0 bridgehead atoms. The number of hydrogen-bond acceptors (Lipinski definition) is 6. The first-order valence-electron chi connectivity index (χ1n) is 10.3. The monoisotopic (exact) mass is 472 g/mol. The van der Waals surface area contributed by atoms with E-state index in [1.807, 2.05) is 48.5 Å². The molecule has 34 heavy (non-hydrogen) atoms. The summed E-state index contributed by atoms with van der Waals surface area (Å²) in [5, 5.41) is 22.0. The second-order valence-electron chi connectivity index (χ2n) is 7.53. The molecule has 3 aromatic carbocycles. The number of hydrogen-bond donors (Lipinski definition) is 2. The Bertz CT molecular complexity index is 1420. The molecule has 2 heterocycles. The van der Waals surface area contributed by atoms with Gasteiger partial charge in [-0.05, 0) is 35.4 Å². The summed E-state index contributed by atoms with van der Waals surface area (Å²) in [7, 11) is 0. The van der Waals surface area contributed by atoms with E-state index in [2.05, 4.69) is 20.7 Å². The van der Waals surface area contributed by atoms with Gasteiger partial charge in [0.2, 0.25) is 5.95 Å². The largest absolute Gasteiger partial charge is 0.324 e. The van der Waals surface area contributed by atoms with Crippen LogP contribution in [0.15, 0.2) is 84.9 Å². The number of amides is 1. The molecule has 0 unspecified atom stereocenters. The number of nitrogens with zero attached hydrogens (tertiary/aromatic N) is 4. The molecule has 0 aliphatic carbocycles. The van der Waals surface area contributed by atoms with Gasteiger partial charge >= 0.3 is 0 Å². The maximum absolute atomic E-state index is 12.7. The molecule has 5 rings (SSSR count). The van der Waals surface area contributed by atoms with Crippen LogP contribution in [0.2, 0.25) is 5.02 Å². The zero-order chi connectivity index (χ0) is 23.7. The zero-order valence-corrected chi connectivity index (χ0v) is 18.3. The Morgan fingerprint density at radius 2 is 1.82 bits per heavy atom. The predicted molar refractivity (Wildman–Crippen MR) is 129 cm³/mol. The van der Waals surface area contributed by atoms with Crippen LogP contribution in [-0.2, 0) is 0 Å². The van der Waals surface area contributed by atoms with E-state index in [0.29, 0.717) is 11.0 Å². The van der Waals surface area contributed by atoms with Gasteiger partial charge in [0.05, 0.1) is 4.92 Å². The van der Waals surface area contributed by atoms with E-state index in [-0.39, 0.29) is 23.2 Å². The third-order valence-electron chi connectivity index (χ3n) is 5.31. The lowest BCUT2D eigenvalue weighted by molar-refractivity contribution is -0.384. The Hall–Kier alpha value is -4.50. The molecule has 1 amide bonds. The number of carbonyl (C=O) groups is 1. The number of benzene rings is 3. The highest BCUT2D eigenvalue weighted by molar-refractivity contribution is 6.30. The van der Waals surface area contributed by atoms with Crippen molar-refractivity contribution in [2.75, 3.05) is 10.6 Å². The fourth-order valence-corrected chi connectivity index (χ4v) is 3.79. The first-order chi connectivity index (χ1) is 16.5. The normalized spacial score (nSPS) is 14.5. The minimum absolute atomic E-state index is 0.0747. The van der Waals surface area contributed by atoms with Gasteiger partial charge in [-0.3, -0.25) is 20.2 Å². The van der Waals surface area contributed by atoms with E-state index in [1.54, 1.807) is 16.8 Å². The van der Waals surface area contributed by atoms with Crippen molar-refractivity contribution in [3.8, 4) is 0 Å². The summed E-state index contributed by atoms with van der Waals surface area (Å²) in [6, 6.07) is 22.4. The number of halogens is 1. The number of aromatic nitrogens is 3. The van der Waals surface area contributed by atoms with E-state index in [4.69, 9.17) is 11.6 Å². The fourth-order valence-electron chi connectivity index (χ4n) is 3.67. The molecule has 0 saturated heterocycles. The summed E-state index contributed by atoms with van der Waals surface area (Å²) in [5.41, 5.74) is 2.68. The molecule has 0 radical (unpaired) electrons. The first kappa shape index (κ1) is 21.4. The molecule has 1 aromatic heterocycles. The van der Waals surface area contributed by atoms with Gasteiger partial charge in [0.15, 0.2) is 0 Å². The lowest BCUT2D eigenvalue weighted by atomic mass is 10.0. The van der Waals surface area contributed by atoms with Crippen molar-refractivity contribution < 1.29 is 9.72 Å². The van der Waals surface area contributed by atoms with E-state index < -0.39 is 10.8 Å². The molecule has 1 aliphatic heterocycles. The fraction of sp³-hybridized carbons (Fsp3) is 0.0417. The summed E-state index contributed by atoms with van der Waals surface area (Å²) in [4.78, 5) is 27.6. The SMILES string of the molecule is O=C(Nc1nc2n(n1)[C@@H](c1ccccc1)C=C(c1ccc(Cl)cc1)N2)c1cccc([N+](=O)[O-])c1. The van der Waals surface area contributed by atoms with Crippen LogP contribution in [-0.4, -0.2) is 25.6 Å².